The van der Waals surface area contributed by atoms with Crippen molar-refractivity contribution in [2.75, 3.05) is 4.90 Å². The van der Waals surface area contributed by atoms with E-state index in [0.717, 1.165) is 33.0 Å². The number of hydrogen-bond donors (Lipinski definition) is 0. The van der Waals surface area contributed by atoms with E-state index in [1.807, 2.05) is 17.5 Å². The maximum Gasteiger partial charge on any atom is 0.230 e. The van der Waals surface area contributed by atoms with Crippen LogP contribution in [-0.2, 0) is 17.0 Å². The SMILES string of the molecule is CCc1ccc(N(C(C)=O)c2nc(CSc3ncnc4sc(C)c(C)c34)cs2)cc1. The molecule has 4 rings (SSSR count). The van der Waals surface area contributed by atoms with Crippen molar-refractivity contribution in [2.24, 2.45) is 0 Å². The maximum atomic E-state index is 12.3. The third-order valence-electron chi connectivity index (χ3n) is 4.94. The first-order valence-electron chi connectivity index (χ1n) is 9.65. The molecule has 0 fully saturated rings. The second-order valence-corrected chi connectivity index (χ2v) is 9.93. The molecular formula is C22H22N4OS3. The zero-order chi connectivity index (χ0) is 21.3. The maximum absolute atomic E-state index is 12.3. The molecule has 0 aliphatic heterocycles. The van der Waals surface area contributed by atoms with Gasteiger partial charge in [-0.1, -0.05) is 30.8 Å². The van der Waals surface area contributed by atoms with Gasteiger partial charge in [0.2, 0.25) is 5.91 Å². The molecule has 154 valence electrons. The number of nitrogens with zero attached hydrogens (tertiary/aromatic N) is 4. The van der Waals surface area contributed by atoms with Gasteiger partial charge in [-0.3, -0.25) is 9.69 Å². The smallest absolute Gasteiger partial charge is 0.230 e. The number of carbonyl (C=O) groups excluding carboxylic acids is 1. The van der Waals surface area contributed by atoms with Crippen LogP contribution in [0.3, 0.4) is 0 Å². The van der Waals surface area contributed by atoms with Crippen LogP contribution in [0.1, 0.15) is 35.5 Å². The molecule has 5 nitrogen and oxygen atoms in total. The number of hydrogen-bond acceptors (Lipinski definition) is 7. The van der Waals surface area contributed by atoms with E-state index in [1.54, 1.807) is 41.2 Å². The first kappa shape index (κ1) is 21.0. The molecule has 0 saturated heterocycles. The number of fused-ring (bicyclic) bond motifs is 1. The minimum Gasteiger partial charge on any atom is -0.274 e. The van der Waals surface area contributed by atoms with Crippen molar-refractivity contribution in [1.82, 2.24) is 15.0 Å². The third kappa shape index (κ3) is 4.12. The minimum absolute atomic E-state index is 0.0466. The predicted octanol–water partition coefficient (Wildman–Crippen LogP) is 6.30. The second-order valence-electron chi connectivity index (χ2n) is 6.93. The van der Waals surface area contributed by atoms with E-state index in [2.05, 4.69) is 42.9 Å². The van der Waals surface area contributed by atoms with Gasteiger partial charge >= 0.3 is 0 Å². The van der Waals surface area contributed by atoms with Crippen molar-refractivity contribution in [3.05, 3.63) is 57.7 Å². The molecule has 1 amide bonds. The number of thioether (sulfide) groups is 1. The number of benzene rings is 1. The number of anilines is 2. The number of rotatable bonds is 6. The zero-order valence-electron chi connectivity index (χ0n) is 17.3. The Morgan fingerprint density at radius 3 is 2.63 bits per heavy atom. The highest BCUT2D eigenvalue weighted by molar-refractivity contribution is 7.98. The lowest BCUT2D eigenvalue weighted by Crippen LogP contribution is -2.22. The fourth-order valence-corrected chi connectivity index (χ4v) is 6.18. The van der Waals surface area contributed by atoms with Crippen molar-refractivity contribution >= 4 is 61.4 Å². The molecule has 30 heavy (non-hydrogen) atoms. The Kier molecular flexibility index (Phi) is 6.17. The van der Waals surface area contributed by atoms with Gasteiger partial charge < -0.3 is 0 Å². The van der Waals surface area contributed by atoms with Crippen LogP contribution >= 0.6 is 34.4 Å². The van der Waals surface area contributed by atoms with Crippen LogP contribution in [0.25, 0.3) is 10.2 Å². The van der Waals surface area contributed by atoms with Crippen LogP contribution in [0.5, 0.6) is 0 Å². The van der Waals surface area contributed by atoms with Crippen molar-refractivity contribution in [3.8, 4) is 0 Å². The highest BCUT2D eigenvalue weighted by Crippen LogP contribution is 2.36. The third-order valence-corrected chi connectivity index (χ3v) is 7.95. The van der Waals surface area contributed by atoms with Crippen LogP contribution in [-0.4, -0.2) is 20.9 Å². The van der Waals surface area contributed by atoms with Crippen molar-refractivity contribution in [3.63, 3.8) is 0 Å². The van der Waals surface area contributed by atoms with Gasteiger partial charge in [0.1, 0.15) is 16.2 Å². The van der Waals surface area contributed by atoms with Gasteiger partial charge in [-0.15, -0.1) is 22.7 Å². The van der Waals surface area contributed by atoms with Crippen LogP contribution in [0.15, 0.2) is 41.0 Å². The first-order valence-corrected chi connectivity index (χ1v) is 12.3. The second kappa shape index (κ2) is 8.83. The highest BCUT2D eigenvalue weighted by Gasteiger charge is 2.19. The summed E-state index contributed by atoms with van der Waals surface area (Å²) in [5, 5.41) is 4.83. The largest absolute Gasteiger partial charge is 0.274 e. The molecule has 0 aliphatic carbocycles. The quantitative estimate of drug-likeness (QED) is 0.253. The number of aryl methyl sites for hydroxylation is 3. The number of aromatic nitrogens is 3. The van der Waals surface area contributed by atoms with Crippen LogP contribution in [0.2, 0.25) is 0 Å². The molecule has 0 atom stereocenters. The van der Waals surface area contributed by atoms with Crippen molar-refractivity contribution in [2.45, 2.75) is 44.9 Å². The summed E-state index contributed by atoms with van der Waals surface area (Å²) in [6, 6.07) is 8.08. The molecule has 3 heterocycles. The predicted molar refractivity (Wildman–Crippen MR) is 127 cm³/mol. The van der Waals surface area contributed by atoms with E-state index in [0.29, 0.717) is 10.9 Å². The average molecular weight is 455 g/mol. The van der Waals surface area contributed by atoms with E-state index >= 15 is 0 Å². The molecule has 8 heteroatoms. The van der Waals surface area contributed by atoms with Crippen LogP contribution < -0.4 is 4.90 Å². The monoisotopic (exact) mass is 454 g/mol. The fourth-order valence-electron chi connectivity index (χ4n) is 3.17. The van der Waals surface area contributed by atoms with Gasteiger partial charge in [0.25, 0.3) is 0 Å². The van der Waals surface area contributed by atoms with Gasteiger partial charge in [-0.05, 0) is 43.5 Å². The lowest BCUT2D eigenvalue weighted by atomic mass is 10.1. The first-order chi connectivity index (χ1) is 14.5. The molecular weight excluding hydrogens is 432 g/mol. The summed E-state index contributed by atoms with van der Waals surface area (Å²) in [6.45, 7) is 7.93. The molecule has 0 radical (unpaired) electrons. The molecule has 0 aliphatic rings. The topological polar surface area (TPSA) is 59.0 Å². The van der Waals surface area contributed by atoms with Gasteiger partial charge in [-0.25, -0.2) is 15.0 Å². The van der Waals surface area contributed by atoms with Crippen molar-refractivity contribution < 1.29 is 4.79 Å². The molecule has 0 unspecified atom stereocenters. The van der Waals surface area contributed by atoms with Crippen LogP contribution in [0, 0.1) is 13.8 Å². The highest BCUT2D eigenvalue weighted by atomic mass is 32.2. The Labute approximate surface area is 188 Å². The summed E-state index contributed by atoms with van der Waals surface area (Å²) in [6.07, 6.45) is 2.60. The minimum atomic E-state index is -0.0466. The molecule has 0 saturated carbocycles. The number of thiazole rings is 1. The molecule has 1 aromatic carbocycles. The zero-order valence-corrected chi connectivity index (χ0v) is 19.7. The normalized spacial score (nSPS) is 11.2. The lowest BCUT2D eigenvalue weighted by Gasteiger charge is -2.18. The molecule has 0 N–H and O–H groups in total. The summed E-state index contributed by atoms with van der Waals surface area (Å²) >= 11 is 4.85. The molecule has 0 spiro atoms. The number of carbonyl (C=O) groups is 1. The van der Waals surface area contributed by atoms with Crippen molar-refractivity contribution in [1.29, 1.82) is 0 Å². The molecule has 3 aromatic heterocycles. The average Bonchev–Trinajstić information content (AvgIpc) is 3.31. The Bertz CT molecular complexity index is 1200. The lowest BCUT2D eigenvalue weighted by molar-refractivity contribution is -0.115. The van der Waals surface area contributed by atoms with E-state index < -0.39 is 0 Å². The fraction of sp³-hybridized carbons (Fsp3) is 0.273. The van der Waals surface area contributed by atoms with E-state index in [-0.39, 0.29) is 5.91 Å². The van der Waals surface area contributed by atoms with Gasteiger partial charge in [0, 0.05) is 28.3 Å². The standard InChI is InChI=1S/C22H22N4OS3/c1-5-16-6-8-18(9-7-16)26(15(4)27)22-25-17(11-29-22)10-28-20-19-13(2)14(3)30-21(19)24-12-23-20/h6-9,11-12H,5,10H2,1-4H3. The van der Waals surface area contributed by atoms with E-state index in [9.17, 15) is 4.79 Å². The van der Waals surface area contributed by atoms with Gasteiger partial charge in [0.15, 0.2) is 5.13 Å². The summed E-state index contributed by atoms with van der Waals surface area (Å²) in [5.74, 6) is 0.645. The Balaban J connectivity index is 1.55. The summed E-state index contributed by atoms with van der Waals surface area (Å²) in [7, 11) is 0. The molecule has 4 aromatic rings. The Morgan fingerprint density at radius 2 is 1.93 bits per heavy atom. The molecule has 0 bridgehead atoms. The summed E-state index contributed by atoms with van der Waals surface area (Å²) in [4.78, 5) is 30.0. The van der Waals surface area contributed by atoms with Gasteiger partial charge in [0.05, 0.1) is 11.4 Å². The number of amides is 1. The number of thiophene rings is 1. The van der Waals surface area contributed by atoms with Gasteiger partial charge in [-0.2, -0.15) is 0 Å². The van der Waals surface area contributed by atoms with E-state index in [4.69, 9.17) is 4.98 Å². The van der Waals surface area contributed by atoms with Crippen LogP contribution in [0.4, 0.5) is 10.8 Å². The Morgan fingerprint density at radius 1 is 1.17 bits per heavy atom. The summed E-state index contributed by atoms with van der Waals surface area (Å²) in [5.41, 5.74) is 4.27. The Hall–Kier alpha value is -2.29. The van der Waals surface area contributed by atoms with E-state index in [1.165, 1.54) is 27.3 Å². The summed E-state index contributed by atoms with van der Waals surface area (Å²) < 4.78 is 0.